The second-order valence-electron chi connectivity index (χ2n) is 4.37. The van der Waals surface area contributed by atoms with Gasteiger partial charge < -0.3 is 15.3 Å². The van der Waals surface area contributed by atoms with Gasteiger partial charge in [-0.3, -0.25) is 0 Å². The number of halogens is 2. The normalized spacial score (nSPS) is 19.2. The van der Waals surface area contributed by atoms with E-state index in [-0.39, 0.29) is 6.04 Å². The van der Waals surface area contributed by atoms with E-state index in [2.05, 4.69) is 5.32 Å². The quantitative estimate of drug-likeness (QED) is 0.899. The maximum Gasteiger partial charge on any atom is 0.407 e. The summed E-state index contributed by atoms with van der Waals surface area (Å²) in [5.41, 5.74) is 1.00. The summed E-state index contributed by atoms with van der Waals surface area (Å²) in [6, 6.07) is 5.59. The molecule has 1 aliphatic heterocycles. The predicted octanol–water partition coefficient (Wildman–Crippen LogP) is 2.84. The number of amides is 1. The molecule has 0 aromatic heterocycles. The van der Waals surface area contributed by atoms with Crippen LogP contribution < -0.4 is 5.32 Å². The first-order valence-corrected chi connectivity index (χ1v) is 6.46. The number of hydrogen-bond donors (Lipinski definition) is 2. The molecule has 18 heavy (non-hydrogen) atoms. The fourth-order valence-corrected chi connectivity index (χ4v) is 2.65. The number of hydrogen-bond acceptors (Lipinski definition) is 2. The lowest BCUT2D eigenvalue weighted by Gasteiger charge is -2.14. The Kier molecular flexibility index (Phi) is 4.32. The van der Waals surface area contributed by atoms with Crippen molar-refractivity contribution in [3.63, 3.8) is 0 Å². The molecule has 0 aliphatic carbocycles. The van der Waals surface area contributed by atoms with E-state index >= 15 is 0 Å². The number of likely N-dealkylation sites (tertiary alicyclic amines) is 1. The number of nitrogens with one attached hydrogen (secondary N) is 1. The third-order valence-electron chi connectivity index (χ3n) is 2.98. The maximum atomic E-state index is 10.8. The Morgan fingerprint density at radius 1 is 1.39 bits per heavy atom. The summed E-state index contributed by atoms with van der Waals surface area (Å²) in [6.45, 7) is 1.76. The molecule has 0 saturated carbocycles. The Balaban J connectivity index is 1.87. The molecule has 1 saturated heterocycles. The van der Waals surface area contributed by atoms with Crippen molar-refractivity contribution in [1.29, 1.82) is 0 Å². The van der Waals surface area contributed by atoms with Crippen LogP contribution in [-0.4, -0.2) is 35.2 Å². The molecular formula is C12H14Cl2N2O2. The van der Waals surface area contributed by atoms with Crippen molar-refractivity contribution >= 4 is 29.3 Å². The third kappa shape index (κ3) is 3.51. The zero-order valence-electron chi connectivity index (χ0n) is 9.70. The van der Waals surface area contributed by atoms with Gasteiger partial charge in [0.2, 0.25) is 0 Å². The highest BCUT2D eigenvalue weighted by molar-refractivity contribution is 6.34. The SMILES string of the molecule is O=C(O)N1CC[C@H](NCc2cc(Cl)cc(Cl)c2)C1. The maximum absolute atomic E-state index is 10.8. The molecule has 0 unspecified atom stereocenters. The number of nitrogens with zero attached hydrogens (tertiary/aromatic N) is 1. The van der Waals surface area contributed by atoms with Gasteiger partial charge in [-0.15, -0.1) is 0 Å². The largest absolute Gasteiger partial charge is 0.465 e. The molecule has 1 amide bonds. The van der Waals surface area contributed by atoms with Gasteiger partial charge in [-0.1, -0.05) is 23.2 Å². The van der Waals surface area contributed by atoms with E-state index in [1.807, 2.05) is 12.1 Å². The summed E-state index contributed by atoms with van der Waals surface area (Å²) in [4.78, 5) is 12.2. The highest BCUT2D eigenvalue weighted by Gasteiger charge is 2.25. The van der Waals surface area contributed by atoms with E-state index in [9.17, 15) is 4.79 Å². The molecule has 98 valence electrons. The second-order valence-corrected chi connectivity index (χ2v) is 5.25. The van der Waals surface area contributed by atoms with Crippen LogP contribution in [0.25, 0.3) is 0 Å². The molecule has 2 rings (SSSR count). The van der Waals surface area contributed by atoms with Crippen LogP contribution in [0.2, 0.25) is 10.0 Å². The van der Waals surface area contributed by atoms with Crippen molar-refractivity contribution in [2.45, 2.75) is 19.0 Å². The Labute approximate surface area is 115 Å². The van der Waals surface area contributed by atoms with Gasteiger partial charge in [0.05, 0.1) is 0 Å². The summed E-state index contributed by atoms with van der Waals surface area (Å²) in [5, 5.41) is 13.4. The van der Waals surface area contributed by atoms with E-state index in [0.717, 1.165) is 12.0 Å². The van der Waals surface area contributed by atoms with Crippen molar-refractivity contribution in [2.75, 3.05) is 13.1 Å². The van der Waals surface area contributed by atoms with Gasteiger partial charge in [-0.05, 0) is 30.2 Å². The van der Waals surface area contributed by atoms with Gasteiger partial charge in [0.15, 0.2) is 0 Å². The summed E-state index contributed by atoms with van der Waals surface area (Å²) < 4.78 is 0. The van der Waals surface area contributed by atoms with Crippen molar-refractivity contribution in [1.82, 2.24) is 10.2 Å². The first-order chi connectivity index (χ1) is 8.54. The van der Waals surface area contributed by atoms with Crippen molar-refractivity contribution < 1.29 is 9.90 Å². The van der Waals surface area contributed by atoms with Gasteiger partial charge in [0.1, 0.15) is 0 Å². The lowest BCUT2D eigenvalue weighted by atomic mass is 10.2. The highest BCUT2D eigenvalue weighted by Crippen LogP contribution is 2.19. The average molecular weight is 289 g/mol. The van der Waals surface area contributed by atoms with E-state index < -0.39 is 6.09 Å². The molecule has 1 aromatic rings. The van der Waals surface area contributed by atoms with E-state index in [1.165, 1.54) is 4.90 Å². The fraction of sp³-hybridized carbons (Fsp3) is 0.417. The zero-order chi connectivity index (χ0) is 13.1. The zero-order valence-corrected chi connectivity index (χ0v) is 11.2. The van der Waals surface area contributed by atoms with Gasteiger partial charge >= 0.3 is 6.09 Å². The number of benzene rings is 1. The Morgan fingerprint density at radius 3 is 2.61 bits per heavy atom. The molecule has 6 heteroatoms. The molecule has 1 aromatic carbocycles. The number of carboxylic acid groups (broad SMARTS) is 1. The third-order valence-corrected chi connectivity index (χ3v) is 3.41. The van der Waals surface area contributed by atoms with Gasteiger partial charge in [0.25, 0.3) is 0 Å². The van der Waals surface area contributed by atoms with Crippen LogP contribution in [-0.2, 0) is 6.54 Å². The molecule has 0 bridgehead atoms. The monoisotopic (exact) mass is 288 g/mol. The molecule has 1 heterocycles. The second kappa shape index (κ2) is 5.78. The topological polar surface area (TPSA) is 52.6 Å². The van der Waals surface area contributed by atoms with Gasteiger partial charge in [-0.2, -0.15) is 0 Å². The number of carbonyl (C=O) groups is 1. The lowest BCUT2D eigenvalue weighted by Crippen LogP contribution is -2.34. The molecule has 1 atom stereocenters. The first-order valence-electron chi connectivity index (χ1n) is 5.71. The minimum atomic E-state index is -0.856. The van der Waals surface area contributed by atoms with E-state index in [4.69, 9.17) is 28.3 Å². The number of rotatable bonds is 3. The van der Waals surface area contributed by atoms with Crippen LogP contribution >= 0.6 is 23.2 Å². The Bertz CT molecular complexity index is 433. The molecule has 0 spiro atoms. The van der Waals surface area contributed by atoms with Crippen LogP contribution in [0, 0.1) is 0 Å². The van der Waals surface area contributed by atoms with Gasteiger partial charge in [-0.25, -0.2) is 4.79 Å². The van der Waals surface area contributed by atoms with E-state index in [1.54, 1.807) is 6.07 Å². The highest BCUT2D eigenvalue weighted by atomic mass is 35.5. The Hall–Kier alpha value is -0.970. The minimum absolute atomic E-state index is 0.193. The lowest BCUT2D eigenvalue weighted by molar-refractivity contribution is 0.154. The predicted molar refractivity (Wildman–Crippen MR) is 71.3 cm³/mol. The van der Waals surface area contributed by atoms with Crippen LogP contribution in [0.5, 0.6) is 0 Å². The van der Waals surface area contributed by atoms with Crippen molar-refractivity contribution in [3.8, 4) is 0 Å². The molecular weight excluding hydrogens is 275 g/mol. The first kappa shape index (κ1) is 13.5. The smallest absolute Gasteiger partial charge is 0.407 e. The van der Waals surface area contributed by atoms with Crippen LogP contribution in [0.4, 0.5) is 4.79 Å². The fourth-order valence-electron chi connectivity index (χ4n) is 2.08. The van der Waals surface area contributed by atoms with Crippen LogP contribution in [0.3, 0.4) is 0 Å². The summed E-state index contributed by atoms with van der Waals surface area (Å²) in [5.74, 6) is 0. The van der Waals surface area contributed by atoms with Crippen LogP contribution in [0.1, 0.15) is 12.0 Å². The van der Waals surface area contributed by atoms with E-state index in [0.29, 0.717) is 29.7 Å². The van der Waals surface area contributed by atoms with Crippen molar-refractivity contribution in [2.24, 2.45) is 0 Å². The molecule has 1 fully saturated rings. The van der Waals surface area contributed by atoms with Gasteiger partial charge in [0, 0.05) is 35.7 Å². The standard InChI is InChI=1S/C12H14Cl2N2O2/c13-9-3-8(4-10(14)5-9)6-15-11-1-2-16(7-11)12(17)18/h3-5,11,15H,1-2,6-7H2,(H,17,18)/t11-/m0/s1. The van der Waals surface area contributed by atoms with Crippen molar-refractivity contribution in [3.05, 3.63) is 33.8 Å². The Morgan fingerprint density at radius 2 is 2.06 bits per heavy atom. The molecule has 2 N–H and O–H groups in total. The van der Waals surface area contributed by atoms with Crippen LogP contribution in [0.15, 0.2) is 18.2 Å². The molecule has 0 radical (unpaired) electrons. The summed E-state index contributed by atoms with van der Waals surface area (Å²) in [6.07, 6.45) is -0.0225. The molecule has 4 nitrogen and oxygen atoms in total. The molecule has 1 aliphatic rings. The minimum Gasteiger partial charge on any atom is -0.465 e. The average Bonchev–Trinajstić information content (AvgIpc) is 2.73. The summed E-state index contributed by atoms with van der Waals surface area (Å²) >= 11 is 11.8. The summed E-state index contributed by atoms with van der Waals surface area (Å²) in [7, 11) is 0.